The highest BCUT2D eigenvalue weighted by atomic mass is 16.3. The van der Waals surface area contributed by atoms with E-state index in [0.29, 0.717) is 21.7 Å². The van der Waals surface area contributed by atoms with Crippen LogP contribution in [0.15, 0.2) is 0 Å². The summed E-state index contributed by atoms with van der Waals surface area (Å²) >= 11 is 0. The molecule has 0 aromatic rings. The number of rotatable bonds is 0. The van der Waals surface area contributed by atoms with Gasteiger partial charge in [0.25, 0.3) is 0 Å². The van der Waals surface area contributed by atoms with Crippen molar-refractivity contribution in [3.05, 3.63) is 0 Å². The van der Waals surface area contributed by atoms with Crippen LogP contribution in [0.25, 0.3) is 0 Å². The average molecular weight is 290 g/mol. The second-order valence-electron chi connectivity index (χ2n) is 10.7. The maximum atomic E-state index is 10.8. The Kier molecular flexibility index (Phi) is 2.57. The van der Waals surface area contributed by atoms with Crippen molar-refractivity contribution in [2.45, 2.75) is 92.1 Å². The second-order valence-corrected chi connectivity index (χ2v) is 10.7. The number of aliphatic hydroxyl groups is 1. The summed E-state index contributed by atoms with van der Waals surface area (Å²) in [6, 6.07) is 0. The van der Waals surface area contributed by atoms with Crippen LogP contribution in [0.2, 0.25) is 0 Å². The van der Waals surface area contributed by atoms with Crippen molar-refractivity contribution >= 4 is 0 Å². The summed E-state index contributed by atoms with van der Waals surface area (Å²) in [5.41, 5.74) is 2.05. The lowest BCUT2D eigenvalue weighted by atomic mass is 9.37. The molecule has 1 heteroatoms. The Hall–Kier alpha value is -0.0400. The van der Waals surface area contributed by atoms with Gasteiger partial charge in [0, 0.05) is 0 Å². The summed E-state index contributed by atoms with van der Waals surface area (Å²) in [6.45, 7) is 12.6. The molecule has 4 aliphatic rings. The van der Waals surface area contributed by atoms with Crippen LogP contribution in [0.3, 0.4) is 0 Å². The van der Waals surface area contributed by atoms with E-state index in [2.05, 4.69) is 34.6 Å². The van der Waals surface area contributed by atoms with Crippen molar-refractivity contribution < 1.29 is 5.11 Å². The Balaban J connectivity index is 1.86. The van der Waals surface area contributed by atoms with Crippen LogP contribution >= 0.6 is 0 Å². The molecule has 4 fully saturated rings. The van der Waals surface area contributed by atoms with Crippen LogP contribution in [-0.2, 0) is 0 Å². The van der Waals surface area contributed by atoms with Gasteiger partial charge in [0.1, 0.15) is 0 Å². The highest BCUT2D eigenvalue weighted by Crippen LogP contribution is 2.82. The minimum Gasteiger partial charge on any atom is -0.393 e. The molecule has 4 rings (SSSR count). The Morgan fingerprint density at radius 3 is 2.29 bits per heavy atom. The van der Waals surface area contributed by atoms with E-state index in [1.54, 1.807) is 0 Å². The van der Waals surface area contributed by atoms with Gasteiger partial charge >= 0.3 is 0 Å². The second kappa shape index (κ2) is 3.71. The zero-order chi connectivity index (χ0) is 15.3. The molecule has 0 heterocycles. The predicted octanol–water partition coefficient (Wildman–Crippen LogP) is 5.17. The van der Waals surface area contributed by atoms with Crippen LogP contribution in [-0.4, -0.2) is 11.2 Å². The molecule has 0 aromatic heterocycles. The fraction of sp³-hybridized carbons (Fsp3) is 1.00. The number of hydrogen-bond donors (Lipinski definition) is 1. The van der Waals surface area contributed by atoms with Crippen molar-refractivity contribution in [3.8, 4) is 0 Å². The SMILES string of the molecule is CC1(C)CCC[C@@]2(C)[C@H]1CC[C@@]1(C)C[C@]3(C)C[C@]12C[C@@H]3O. The molecule has 4 saturated carbocycles. The standard InChI is InChI=1S/C20H34O/c1-16(2)8-6-9-19(5)14(16)7-10-18(4)12-17(3)13-20(18,19)11-15(17)21/h14-15,21H,6-13H2,1-5H3/t14-,15-,17+,18-,19-,20+/m0/s1. The highest BCUT2D eigenvalue weighted by molar-refractivity contribution is 5.25. The van der Waals surface area contributed by atoms with Crippen LogP contribution in [0.4, 0.5) is 0 Å². The molecule has 120 valence electrons. The van der Waals surface area contributed by atoms with Gasteiger partial charge < -0.3 is 5.11 Å². The molecule has 0 aromatic carbocycles. The van der Waals surface area contributed by atoms with E-state index < -0.39 is 0 Å². The summed E-state index contributed by atoms with van der Waals surface area (Å²) in [7, 11) is 0. The largest absolute Gasteiger partial charge is 0.393 e. The van der Waals surface area contributed by atoms with Gasteiger partial charge in [-0.2, -0.15) is 0 Å². The maximum Gasteiger partial charge on any atom is 0.0599 e. The fourth-order valence-electron chi connectivity index (χ4n) is 8.48. The Labute approximate surface area is 130 Å². The van der Waals surface area contributed by atoms with Crippen molar-refractivity contribution in [3.63, 3.8) is 0 Å². The Morgan fingerprint density at radius 1 is 0.905 bits per heavy atom. The smallest absolute Gasteiger partial charge is 0.0599 e. The number of aliphatic hydroxyl groups excluding tert-OH is 1. The molecular formula is C20H34O. The summed E-state index contributed by atoms with van der Waals surface area (Å²) in [6.07, 6.45) is 10.6. The molecule has 0 aliphatic heterocycles. The van der Waals surface area contributed by atoms with Gasteiger partial charge in [-0.05, 0) is 77.9 Å². The van der Waals surface area contributed by atoms with E-state index in [4.69, 9.17) is 0 Å². The van der Waals surface area contributed by atoms with Crippen molar-refractivity contribution in [1.29, 1.82) is 0 Å². The maximum absolute atomic E-state index is 10.8. The first-order valence-corrected chi connectivity index (χ1v) is 9.27. The summed E-state index contributed by atoms with van der Waals surface area (Å²) in [5, 5.41) is 10.8. The molecule has 0 amide bonds. The molecule has 0 radical (unpaired) electrons. The Bertz CT molecular complexity index is 482. The van der Waals surface area contributed by atoms with Gasteiger partial charge in [-0.1, -0.05) is 41.0 Å². The molecule has 1 spiro atoms. The first-order chi connectivity index (χ1) is 9.59. The summed E-state index contributed by atoms with van der Waals surface area (Å²) in [5.74, 6) is 0.861. The molecule has 2 bridgehead atoms. The molecule has 1 nitrogen and oxygen atoms in total. The highest BCUT2D eigenvalue weighted by Gasteiger charge is 2.76. The average Bonchev–Trinajstić information content (AvgIpc) is 2.73. The van der Waals surface area contributed by atoms with E-state index in [1.807, 2.05) is 0 Å². The van der Waals surface area contributed by atoms with Crippen LogP contribution in [0.1, 0.15) is 86.0 Å². The number of hydrogen-bond acceptors (Lipinski definition) is 1. The minimum atomic E-state index is -0.0498. The first-order valence-electron chi connectivity index (χ1n) is 9.27. The molecular weight excluding hydrogens is 256 g/mol. The topological polar surface area (TPSA) is 20.2 Å². The third-order valence-corrected chi connectivity index (χ3v) is 9.31. The van der Waals surface area contributed by atoms with Crippen LogP contribution in [0, 0.1) is 33.0 Å². The fourth-order valence-corrected chi connectivity index (χ4v) is 8.48. The van der Waals surface area contributed by atoms with E-state index >= 15 is 0 Å². The summed E-state index contributed by atoms with van der Waals surface area (Å²) in [4.78, 5) is 0. The summed E-state index contributed by atoms with van der Waals surface area (Å²) < 4.78 is 0. The zero-order valence-electron chi connectivity index (χ0n) is 14.8. The third-order valence-electron chi connectivity index (χ3n) is 9.31. The van der Waals surface area contributed by atoms with Gasteiger partial charge in [0.05, 0.1) is 6.10 Å². The lowest BCUT2D eigenvalue weighted by molar-refractivity contribution is -0.194. The third kappa shape index (κ3) is 1.44. The minimum absolute atomic E-state index is 0.0498. The van der Waals surface area contributed by atoms with Crippen LogP contribution in [0.5, 0.6) is 0 Å². The Morgan fingerprint density at radius 2 is 1.62 bits per heavy atom. The lowest BCUT2D eigenvalue weighted by Gasteiger charge is -2.67. The molecule has 4 aliphatic carbocycles. The van der Waals surface area contributed by atoms with Gasteiger partial charge in [-0.3, -0.25) is 0 Å². The monoisotopic (exact) mass is 290 g/mol. The molecule has 0 unspecified atom stereocenters. The van der Waals surface area contributed by atoms with Gasteiger partial charge in [-0.15, -0.1) is 0 Å². The molecule has 0 saturated heterocycles. The van der Waals surface area contributed by atoms with E-state index in [0.717, 1.165) is 12.3 Å². The van der Waals surface area contributed by atoms with E-state index in [1.165, 1.54) is 44.9 Å². The van der Waals surface area contributed by atoms with Gasteiger partial charge in [0.15, 0.2) is 0 Å². The zero-order valence-corrected chi connectivity index (χ0v) is 14.8. The molecule has 1 N–H and O–H groups in total. The molecule has 6 atom stereocenters. The predicted molar refractivity (Wildman–Crippen MR) is 87.0 cm³/mol. The van der Waals surface area contributed by atoms with Crippen molar-refractivity contribution in [2.75, 3.05) is 0 Å². The quantitative estimate of drug-likeness (QED) is 0.652. The lowest BCUT2D eigenvalue weighted by Crippen LogP contribution is -2.60. The number of fused-ring (bicyclic) bond motifs is 2. The van der Waals surface area contributed by atoms with E-state index in [9.17, 15) is 5.11 Å². The van der Waals surface area contributed by atoms with Gasteiger partial charge in [0.2, 0.25) is 0 Å². The normalized spacial score (nSPS) is 61.4. The molecule has 21 heavy (non-hydrogen) atoms. The van der Waals surface area contributed by atoms with Crippen molar-refractivity contribution in [2.24, 2.45) is 33.0 Å². The van der Waals surface area contributed by atoms with E-state index in [-0.39, 0.29) is 11.5 Å². The first kappa shape index (κ1) is 14.5. The van der Waals surface area contributed by atoms with Crippen LogP contribution < -0.4 is 0 Å². The van der Waals surface area contributed by atoms with Crippen molar-refractivity contribution in [1.82, 2.24) is 0 Å². The van der Waals surface area contributed by atoms with Gasteiger partial charge in [-0.25, -0.2) is 0 Å².